The van der Waals surface area contributed by atoms with Crippen molar-refractivity contribution in [1.29, 1.82) is 0 Å². The first kappa shape index (κ1) is 15.1. The van der Waals surface area contributed by atoms with Gasteiger partial charge in [0, 0.05) is 11.1 Å². The van der Waals surface area contributed by atoms with Gasteiger partial charge < -0.3 is 5.32 Å². The molecule has 4 heteroatoms. The lowest BCUT2D eigenvalue weighted by molar-refractivity contribution is -0.115. The highest BCUT2D eigenvalue weighted by molar-refractivity contribution is 7.98. The third kappa shape index (κ3) is 3.50. The molecule has 1 N–H and O–H groups in total. The van der Waals surface area contributed by atoms with E-state index in [0.29, 0.717) is 6.42 Å². The maximum absolute atomic E-state index is 12.3. The highest BCUT2D eigenvalue weighted by atomic mass is 32.2. The number of hydrogen-bond acceptors (Lipinski definition) is 3. The van der Waals surface area contributed by atoms with Gasteiger partial charge in [0.1, 0.15) is 0 Å². The van der Waals surface area contributed by atoms with Crippen molar-refractivity contribution in [3.05, 3.63) is 53.3 Å². The molecule has 1 amide bonds. The fourth-order valence-electron chi connectivity index (χ4n) is 2.93. The van der Waals surface area contributed by atoms with Gasteiger partial charge in [-0.15, -0.1) is 11.8 Å². The van der Waals surface area contributed by atoms with Crippen LogP contribution in [-0.2, 0) is 24.1 Å². The number of benzene rings is 1. The van der Waals surface area contributed by atoms with Gasteiger partial charge in [-0.25, -0.2) is 0 Å². The SMILES string of the molecule is CSc1ccncc1NC(=O)Cc1ccc2c(c1)CCCC2. The van der Waals surface area contributed by atoms with Crippen LogP contribution in [0, 0.1) is 0 Å². The highest BCUT2D eigenvalue weighted by Crippen LogP contribution is 2.25. The van der Waals surface area contributed by atoms with E-state index in [4.69, 9.17) is 0 Å². The number of thioether (sulfide) groups is 1. The van der Waals surface area contributed by atoms with Crippen molar-refractivity contribution in [3.63, 3.8) is 0 Å². The number of nitrogens with one attached hydrogen (secondary N) is 1. The summed E-state index contributed by atoms with van der Waals surface area (Å²) in [5, 5.41) is 2.97. The molecule has 0 saturated heterocycles. The Morgan fingerprint density at radius 1 is 1.23 bits per heavy atom. The van der Waals surface area contributed by atoms with Gasteiger partial charge in [0.05, 0.1) is 18.3 Å². The van der Waals surface area contributed by atoms with E-state index in [1.54, 1.807) is 24.2 Å². The summed E-state index contributed by atoms with van der Waals surface area (Å²) in [6.45, 7) is 0. The minimum Gasteiger partial charge on any atom is -0.324 e. The molecule has 1 aromatic heterocycles. The van der Waals surface area contributed by atoms with Gasteiger partial charge in [0.15, 0.2) is 0 Å². The molecule has 1 heterocycles. The second-order valence-corrected chi connectivity index (χ2v) is 6.46. The Bertz CT molecular complexity index is 685. The molecule has 0 fully saturated rings. The number of anilines is 1. The maximum Gasteiger partial charge on any atom is 0.228 e. The van der Waals surface area contributed by atoms with Crippen molar-refractivity contribution in [1.82, 2.24) is 4.98 Å². The molecule has 3 nitrogen and oxygen atoms in total. The monoisotopic (exact) mass is 312 g/mol. The first-order valence-corrected chi connectivity index (χ1v) is 8.87. The van der Waals surface area contributed by atoms with Gasteiger partial charge in [0.25, 0.3) is 0 Å². The zero-order valence-electron chi connectivity index (χ0n) is 12.8. The minimum absolute atomic E-state index is 0.0130. The summed E-state index contributed by atoms with van der Waals surface area (Å²) in [5.41, 5.74) is 4.75. The third-order valence-electron chi connectivity index (χ3n) is 4.05. The Labute approximate surface area is 135 Å². The number of carbonyl (C=O) groups is 1. The number of aryl methyl sites for hydroxylation is 2. The lowest BCUT2D eigenvalue weighted by Gasteiger charge is -2.16. The number of pyridine rings is 1. The van der Waals surface area contributed by atoms with Gasteiger partial charge in [-0.1, -0.05) is 18.2 Å². The first-order chi connectivity index (χ1) is 10.8. The molecule has 0 atom stereocenters. The van der Waals surface area contributed by atoms with Crippen LogP contribution in [0.5, 0.6) is 0 Å². The molecule has 0 unspecified atom stereocenters. The molecule has 0 bridgehead atoms. The summed E-state index contributed by atoms with van der Waals surface area (Å²) < 4.78 is 0. The Morgan fingerprint density at radius 3 is 2.86 bits per heavy atom. The van der Waals surface area contributed by atoms with Crippen LogP contribution in [0.4, 0.5) is 5.69 Å². The number of carbonyl (C=O) groups excluding carboxylic acids is 1. The highest BCUT2D eigenvalue weighted by Gasteiger charge is 2.12. The molecule has 2 aromatic rings. The summed E-state index contributed by atoms with van der Waals surface area (Å²) in [6.07, 6.45) is 10.7. The standard InChI is InChI=1S/C18H20N2OS/c1-22-17-8-9-19-12-16(17)20-18(21)11-13-6-7-14-4-2-3-5-15(14)10-13/h6-10,12H,2-5,11H2,1H3,(H,20,21). The van der Waals surface area contributed by atoms with Crippen molar-refractivity contribution in [2.75, 3.05) is 11.6 Å². The number of nitrogens with zero attached hydrogens (tertiary/aromatic N) is 1. The molecule has 1 aliphatic carbocycles. The van der Waals surface area contributed by atoms with Gasteiger partial charge >= 0.3 is 0 Å². The van der Waals surface area contributed by atoms with Crippen molar-refractivity contribution < 1.29 is 4.79 Å². The van der Waals surface area contributed by atoms with E-state index in [-0.39, 0.29) is 5.91 Å². The van der Waals surface area contributed by atoms with Crippen LogP contribution >= 0.6 is 11.8 Å². The molecule has 114 valence electrons. The lowest BCUT2D eigenvalue weighted by atomic mass is 9.90. The number of aromatic nitrogens is 1. The smallest absolute Gasteiger partial charge is 0.228 e. The number of rotatable bonds is 4. The van der Waals surface area contributed by atoms with E-state index in [1.165, 1.54) is 30.4 Å². The Kier molecular flexibility index (Phi) is 4.78. The molecule has 0 radical (unpaired) electrons. The van der Waals surface area contributed by atoms with E-state index in [2.05, 4.69) is 28.5 Å². The summed E-state index contributed by atoms with van der Waals surface area (Å²) in [4.78, 5) is 17.4. The van der Waals surface area contributed by atoms with Gasteiger partial charge in [-0.05, 0) is 54.7 Å². The largest absolute Gasteiger partial charge is 0.324 e. The second-order valence-electron chi connectivity index (χ2n) is 5.61. The first-order valence-electron chi connectivity index (χ1n) is 7.65. The van der Waals surface area contributed by atoms with Crippen LogP contribution in [0.1, 0.15) is 29.5 Å². The van der Waals surface area contributed by atoms with Crippen LogP contribution in [0.25, 0.3) is 0 Å². The van der Waals surface area contributed by atoms with E-state index in [0.717, 1.165) is 22.6 Å². The fraction of sp³-hybridized carbons (Fsp3) is 0.333. The predicted octanol–water partition coefficient (Wildman–Crippen LogP) is 3.86. The molecule has 0 spiro atoms. The molecule has 3 rings (SSSR count). The normalized spacial score (nSPS) is 13.5. The van der Waals surface area contributed by atoms with Gasteiger partial charge in [-0.3, -0.25) is 9.78 Å². The summed E-state index contributed by atoms with van der Waals surface area (Å²) in [7, 11) is 0. The third-order valence-corrected chi connectivity index (χ3v) is 4.85. The topological polar surface area (TPSA) is 42.0 Å². The average Bonchev–Trinajstić information content (AvgIpc) is 2.55. The van der Waals surface area contributed by atoms with Gasteiger partial charge in [0.2, 0.25) is 5.91 Å². The number of fused-ring (bicyclic) bond motifs is 1. The van der Waals surface area contributed by atoms with Gasteiger partial charge in [-0.2, -0.15) is 0 Å². The zero-order chi connectivity index (χ0) is 15.4. The molecule has 1 aromatic carbocycles. The van der Waals surface area contributed by atoms with Crippen LogP contribution in [0.3, 0.4) is 0 Å². The quantitative estimate of drug-likeness (QED) is 0.872. The fourth-order valence-corrected chi connectivity index (χ4v) is 3.45. The minimum atomic E-state index is 0.0130. The second kappa shape index (κ2) is 6.97. The molecule has 22 heavy (non-hydrogen) atoms. The van der Waals surface area contributed by atoms with Crippen LogP contribution in [0.2, 0.25) is 0 Å². The molecule has 0 saturated carbocycles. The number of amides is 1. The van der Waals surface area contributed by atoms with Crippen molar-refractivity contribution in [2.45, 2.75) is 37.0 Å². The Hall–Kier alpha value is -1.81. The van der Waals surface area contributed by atoms with E-state index >= 15 is 0 Å². The maximum atomic E-state index is 12.3. The van der Waals surface area contributed by atoms with Crippen molar-refractivity contribution in [2.24, 2.45) is 0 Å². The van der Waals surface area contributed by atoms with Crippen LogP contribution in [-0.4, -0.2) is 17.1 Å². The van der Waals surface area contributed by atoms with Crippen molar-refractivity contribution in [3.8, 4) is 0 Å². The Balaban J connectivity index is 1.69. The Morgan fingerprint density at radius 2 is 2.05 bits per heavy atom. The molecule has 0 aliphatic heterocycles. The van der Waals surface area contributed by atoms with E-state index < -0.39 is 0 Å². The predicted molar refractivity (Wildman–Crippen MR) is 91.4 cm³/mol. The summed E-state index contributed by atoms with van der Waals surface area (Å²) in [6, 6.07) is 8.39. The van der Waals surface area contributed by atoms with Crippen LogP contribution < -0.4 is 5.32 Å². The average molecular weight is 312 g/mol. The van der Waals surface area contributed by atoms with E-state index in [9.17, 15) is 4.79 Å². The van der Waals surface area contributed by atoms with Crippen LogP contribution in [0.15, 0.2) is 41.6 Å². The zero-order valence-corrected chi connectivity index (χ0v) is 13.6. The number of hydrogen-bond donors (Lipinski definition) is 1. The van der Waals surface area contributed by atoms with Crippen molar-refractivity contribution >= 4 is 23.4 Å². The summed E-state index contributed by atoms with van der Waals surface area (Å²) in [5.74, 6) is 0.0130. The molecule has 1 aliphatic rings. The van der Waals surface area contributed by atoms with E-state index in [1.807, 2.05) is 12.3 Å². The lowest BCUT2D eigenvalue weighted by Crippen LogP contribution is -2.15. The summed E-state index contributed by atoms with van der Waals surface area (Å²) >= 11 is 1.61. The molecular formula is C18H20N2OS. The molecular weight excluding hydrogens is 292 g/mol.